The summed E-state index contributed by atoms with van der Waals surface area (Å²) < 4.78 is 5.28. The van der Waals surface area contributed by atoms with Gasteiger partial charge in [-0.2, -0.15) is 0 Å². The van der Waals surface area contributed by atoms with Gasteiger partial charge in [0.15, 0.2) is 0 Å². The number of benzene rings is 1. The van der Waals surface area contributed by atoms with Crippen molar-refractivity contribution in [3.8, 4) is 5.75 Å². The minimum absolute atomic E-state index is 0.000447. The van der Waals surface area contributed by atoms with Crippen molar-refractivity contribution < 1.29 is 14.3 Å². The Morgan fingerprint density at radius 3 is 2.77 bits per heavy atom. The van der Waals surface area contributed by atoms with Gasteiger partial charge in [0.2, 0.25) is 0 Å². The first kappa shape index (κ1) is 16.9. The standard InChI is InChI=1S/C19H24N4O3/c1-26-14-6-4-5-13(11-14)17-16-15(20-19(25)21-17)12-23(18(16)24)10-9-22-7-2-3-8-22/h4-6,11,17H,2-3,7-10,12H2,1H3,(H2,20,21,25)/t17-/m0/s1. The first-order valence-corrected chi connectivity index (χ1v) is 9.12. The van der Waals surface area contributed by atoms with Crippen LogP contribution in [0.1, 0.15) is 24.4 Å². The summed E-state index contributed by atoms with van der Waals surface area (Å²) in [5.41, 5.74) is 2.20. The number of rotatable bonds is 5. The Morgan fingerprint density at radius 2 is 2.00 bits per heavy atom. The van der Waals surface area contributed by atoms with Crippen molar-refractivity contribution in [2.45, 2.75) is 18.9 Å². The van der Waals surface area contributed by atoms with E-state index in [1.807, 2.05) is 29.2 Å². The van der Waals surface area contributed by atoms with Gasteiger partial charge < -0.3 is 25.2 Å². The maximum Gasteiger partial charge on any atom is 0.319 e. The lowest BCUT2D eigenvalue weighted by molar-refractivity contribution is -0.126. The second-order valence-corrected chi connectivity index (χ2v) is 6.98. The van der Waals surface area contributed by atoms with Gasteiger partial charge in [-0.3, -0.25) is 4.79 Å². The lowest BCUT2D eigenvalue weighted by Gasteiger charge is -2.26. The molecule has 2 N–H and O–H groups in total. The number of ether oxygens (including phenoxy) is 1. The summed E-state index contributed by atoms with van der Waals surface area (Å²) in [5.74, 6) is 0.702. The second kappa shape index (κ2) is 6.99. The molecule has 1 aromatic rings. The average Bonchev–Trinajstić information content (AvgIpc) is 3.27. The molecule has 0 spiro atoms. The molecule has 1 aromatic carbocycles. The number of hydrogen-bond acceptors (Lipinski definition) is 4. The number of urea groups is 1. The van der Waals surface area contributed by atoms with Gasteiger partial charge in [-0.1, -0.05) is 12.1 Å². The molecular formula is C19H24N4O3. The number of carbonyl (C=O) groups is 2. The molecule has 0 saturated carbocycles. The predicted octanol–water partition coefficient (Wildman–Crippen LogP) is 1.24. The zero-order valence-corrected chi connectivity index (χ0v) is 15.0. The molecule has 0 unspecified atom stereocenters. The van der Waals surface area contributed by atoms with Crippen LogP contribution in [0.3, 0.4) is 0 Å². The van der Waals surface area contributed by atoms with Crippen molar-refractivity contribution in [1.29, 1.82) is 0 Å². The number of hydrogen-bond donors (Lipinski definition) is 2. The van der Waals surface area contributed by atoms with Crippen molar-refractivity contribution >= 4 is 11.9 Å². The van der Waals surface area contributed by atoms with E-state index in [1.165, 1.54) is 12.8 Å². The van der Waals surface area contributed by atoms with Crippen LogP contribution in [0.25, 0.3) is 0 Å². The van der Waals surface area contributed by atoms with Crippen molar-refractivity contribution in [3.63, 3.8) is 0 Å². The van der Waals surface area contributed by atoms with E-state index in [4.69, 9.17) is 4.74 Å². The van der Waals surface area contributed by atoms with E-state index in [0.29, 0.717) is 30.1 Å². The molecule has 1 atom stereocenters. The van der Waals surface area contributed by atoms with Crippen molar-refractivity contribution in [3.05, 3.63) is 41.1 Å². The molecular weight excluding hydrogens is 332 g/mol. The highest BCUT2D eigenvalue weighted by atomic mass is 16.5. The first-order chi connectivity index (χ1) is 12.7. The molecule has 0 aromatic heterocycles. The van der Waals surface area contributed by atoms with Crippen LogP contribution in [0.2, 0.25) is 0 Å². The van der Waals surface area contributed by atoms with Crippen molar-refractivity contribution in [2.24, 2.45) is 0 Å². The summed E-state index contributed by atoms with van der Waals surface area (Å²) in [6.45, 7) is 4.26. The summed E-state index contributed by atoms with van der Waals surface area (Å²) in [6, 6.07) is 6.77. The highest BCUT2D eigenvalue weighted by molar-refractivity contribution is 6.01. The number of methoxy groups -OCH3 is 1. The maximum atomic E-state index is 13.0. The summed E-state index contributed by atoms with van der Waals surface area (Å²) in [7, 11) is 1.60. The van der Waals surface area contributed by atoms with Crippen LogP contribution in [0.15, 0.2) is 35.5 Å². The molecule has 3 heterocycles. The largest absolute Gasteiger partial charge is 0.497 e. The number of nitrogens with zero attached hydrogens (tertiary/aromatic N) is 2. The van der Waals surface area contributed by atoms with E-state index in [9.17, 15) is 9.59 Å². The second-order valence-electron chi connectivity index (χ2n) is 6.98. The fourth-order valence-corrected chi connectivity index (χ4v) is 3.95. The van der Waals surface area contributed by atoms with Crippen molar-refractivity contribution in [1.82, 2.24) is 20.4 Å². The zero-order chi connectivity index (χ0) is 18.1. The lowest BCUT2D eigenvalue weighted by atomic mass is 9.96. The Balaban J connectivity index is 1.54. The SMILES string of the molecule is COc1cccc([C@@H]2NC(=O)NC3=C2C(=O)N(CCN2CCCC2)C3)c1. The highest BCUT2D eigenvalue weighted by Gasteiger charge is 2.40. The van der Waals surface area contributed by atoms with E-state index in [-0.39, 0.29) is 11.9 Å². The molecule has 3 aliphatic heterocycles. The number of carbonyl (C=O) groups excluding carboxylic acids is 2. The molecule has 7 heteroatoms. The molecule has 1 saturated heterocycles. The minimum atomic E-state index is -0.446. The summed E-state index contributed by atoms with van der Waals surface area (Å²) in [4.78, 5) is 29.3. The van der Waals surface area contributed by atoms with Gasteiger partial charge in [-0.05, 0) is 43.6 Å². The summed E-state index contributed by atoms with van der Waals surface area (Å²) in [5, 5.41) is 5.70. The third kappa shape index (κ3) is 3.14. The Labute approximate surface area is 153 Å². The van der Waals surface area contributed by atoms with Gasteiger partial charge >= 0.3 is 6.03 Å². The van der Waals surface area contributed by atoms with Crippen LogP contribution >= 0.6 is 0 Å². The summed E-state index contributed by atoms with van der Waals surface area (Å²) >= 11 is 0. The smallest absolute Gasteiger partial charge is 0.319 e. The number of amides is 3. The van der Waals surface area contributed by atoms with Crippen LogP contribution in [0.4, 0.5) is 4.79 Å². The first-order valence-electron chi connectivity index (χ1n) is 9.12. The monoisotopic (exact) mass is 356 g/mol. The highest BCUT2D eigenvalue weighted by Crippen LogP contribution is 2.33. The van der Waals surface area contributed by atoms with E-state index in [2.05, 4.69) is 15.5 Å². The normalized spacial score (nSPS) is 23.1. The molecule has 26 heavy (non-hydrogen) atoms. The van der Waals surface area contributed by atoms with Gasteiger partial charge in [-0.15, -0.1) is 0 Å². The van der Waals surface area contributed by atoms with Gasteiger partial charge in [0.05, 0.1) is 31.0 Å². The lowest BCUT2D eigenvalue weighted by Crippen LogP contribution is -2.44. The van der Waals surface area contributed by atoms with Gasteiger partial charge in [-0.25, -0.2) is 4.79 Å². The zero-order valence-electron chi connectivity index (χ0n) is 15.0. The third-order valence-corrected chi connectivity index (χ3v) is 5.33. The van der Waals surface area contributed by atoms with Crippen LogP contribution in [-0.2, 0) is 4.79 Å². The Bertz CT molecular complexity index is 755. The number of nitrogens with one attached hydrogen (secondary N) is 2. The fraction of sp³-hybridized carbons (Fsp3) is 0.474. The van der Waals surface area contributed by atoms with Crippen LogP contribution in [-0.4, -0.2) is 61.6 Å². The molecule has 3 amide bonds. The van der Waals surface area contributed by atoms with Gasteiger partial charge in [0.1, 0.15) is 5.75 Å². The maximum absolute atomic E-state index is 13.0. The van der Waals surface area contributed by atoms with Crippen LogP contribution < -0.4 is 15.4 Å². The Hall–Kier alpha value is -2.54. The molecule has 138 valence electrons. The molecule has 0 radical (unpaired) electrons. The molecule has 4 rings (SSSR count). The molecule has 0 bridgehead atoms. The predicted molar refractivity (Wildman–Crippen MR) is 96.7 cm³/mol. The van der Waals surface area contributed by atoms with Gasteiger partial charge in [0, 0.05) is 13.1 Å². The molecule has 3 aliphatic rings. The Kier molecular flexibility index (Phi) is 4.55. The van der Waals surface area contributed by atoms with E-state index < -0.39 is 6.04 Å². The van der Waals surface area contributed by atoms with Gasteiger partial charge in [0.25, 0.3) is 5.91 Å². The topological polar surface area (TPSA) is 73.9 Å². The minimum Gasteiger partial charge on any atom is -0.497 e. The third-order valence-electron chi connectivity index (χ3n) is 5.33. The quantitative estimate of drug-likeness (QED) is 0.833. The van der Waals surface area contributed by atoms with E-state index in [1.54, 1.807) is 7.11 Å². The van der Waals surface area contributed by atoms with Crippen LogP contribution in [0.5, 0.6) is 5.75 Å². The molecule has 0 aliphatic carbocycles. The number of likely N-dealkylation sites (tertiary alicyclic amines) is 1. The van der Waals surface area contributed by atoms with Crippen LogP contribution in [0, 0.1) is 0 Å². The van der Waals surface area contributed by atoms with Crippen molar-refractivity contribution in [2.75, 3.05) is 39.8 Å². The summed E-state index contributed by atoms with van der Waals surface area (Å²) in [6.07, 6.45) is 2.47. The fourth-order valence-electron chi connectivity index (χ4n) is 3.95. The van der Waals surface area contributed by atoms with E-state index >= 15 is 0 Å². The van der Waals surface area contributed by atoms with E-state index in [0.717, 1.165) is 25.2 Å². The molecule has 1 fully saturated rings. The Morgan fingerprint density at radius 1 is 1.19 bits per heavy atom. The molecule has 7 nitrogen and oxygen atoms in total. The average molecular weight is 356 g/mol.